The third kappa shape index (κ3) is 4.74. The van der Waals surface area contributed by atoms with Crippen LogP contribution < -0.4 is 10.5 Å². The quantitative estimate of drug-likeness (QED) is 0.589. The van der Waals surface area contributed by atoms with Crippen molar-refractivity contribution in [3.63, 3.8) is 0 Å². The van der Waals surface area contributed by atoms with Gasteiger partial charge in [0.05, 0.1) is 18.0 Å². The number of hydrogen-bond acceptors (Lipinski definition) is 5. The Kier molecular flexibility index (Phi) is 6.57. The second-order valence-electron chi connectivity index (χ2n) is 5.51. The summed E-state index contributed by atoms with van der Waals surface area (Å²) in [5.74, 6) is 0.936. The molecule has 1 aromatic heterocycles. The van der Waals surface area contributed by atoms with Gasteiger partial charge in [0.2, 0.25) is 0 Å². The van der Waals surface area contributed by atoms with Crippen molar-refractivity contribution in [2.24, 2.45) is 0 Å². The van der Waals surface area contributed by atoms with Crippen LogP contribution in [0.3, 0.4) is 0 Å². The fourth-order valence-corrected chi connectivity index (χ4v) is 2.87. The molecule has 0 amide bonds. The van der Waals surface area contributed by atoms with Crippen molar-refractivity contribution in [3.05, 3.63) is 22.6 Å². The summed E-state index contributed by atoms with van der Waals surface area (Å²) >= 11 is 4.20. The maximum atomic E-state index is 12.1. The van der Waals surface area contributed by atoms with Gasteiger partial charge in [-0.1, -0.05) is 12.8 Å². The Morgan fingerprint density at radius 1 is 1.38 bits per heavy atom. The van der Waals surface area contributed by atoms with E-state index in [-0.39, 0.29) is 11.7 Å². The van der Waals surface area contributed by atoms with Gasteiger partial charge >= 0.3 is 0 Å². The van der Waals surface area contributed by atoms with E-state index < -0.39 is 0 Å². The highest BCUT2D eigenvalue weighted by Crippen LogP contribution is 2.19. The molecule has 0 aliphatic carbocycles. The first-order valence-electron chi connectivity index (χ1n) is 7.70. The molecule has 0 radical (unpaired) electrons. The maximum absolute atomic E-state index is 12.1. The minimum Gasteiger partial charge on any atom is -0.380 e. The predicted octanol–water partition coefficient (Wildman–Crippen LogP) is 1.96. The lowest BCUT2D eigenvalue weighted by molar-refractivity contribution is 0.121. The Morgan fingerprint density at radius 3 is 2.86 bits per heavy atom. The highest BCUT2D eigenvalue weighted by Gasteiger charge is 2.22. The fourth-order valence-electron chi connectivity index (χ4n) is 2.65. The van der Waals surface area contributed by atoms with Crippen molar-refractivity contribution < 1.29 is 4.74 Å². The summed E-state index contributed by atoms with van der Waals surface area (Å²) in [5.41, 5.74) is 0.897. The molecule has 1 aliphatic heterocycles. The van der Waals surface area contributed by atoms with E-state index in [0.29, 0.717) is 6.54 Å². The van der Waals surface area contributed by atoms with E-state index in [9.17, 15) is 4.79 Å². The van der Waals surface area contributed by atoms with Crippen LogP contribution in [0.2, 0.25) is 0 Å². The molecule has 21 heavy (non-hydrogen) atoms. The average molecular weight is 311 g/mol. The second kappa shape index (κ2) is 8.44. The molecule has 2 heterocycles. The first-order valence-corrected chi connectivity index (χ1v) is 8.33. The standard InChI is InChI=1S/C15H25N3O2S/c1-20-14-6-8-17(12-14)13-10-15(19)18(16-11-13)7-4-2-3-5-9-21/h10-11,14,21H,2-9,12H2,1H3. The second-order valence-corrected chi connectivity index (χ2v) is 5.95. The molecule has 0 saturated carbocycles. The lowest BCUT2D eigenvalue weighted by Crippen LogP contribution is -2.27. The van der Waals surface area contributed by atoms with E-state index in [1.165, 1.54) is 6.42 Å². The van der Waals surface area contributed by atoms with E-state index in [4.69, 9.17) is 4.74 Å². The molecule has 1 saturated heterocycles. The summed E-state index contributed by atoms with van der Waals surface area (Å²) in [4.78, 5) is 14.3. The number of aryl methyl sites for hydroxylation is 1. The number of hydrogen-bond donors (Lipinski definition) is 1. The van der Waals surface area contributed by atoms with E-state index >= 15 is 0 Å². The van der Waals surface area contributed by atoms with Crippen LogP contribution in [-0.4, -0.2) is 41.8 Å². The minimum atomic E-state index is -0.0115. The number of methoxy groups -OCH3 is 1. The van der Waals surface area contributed by atoms with Crippen LogP contribution in [0.4, 0.5) is 5.69 Å². The molecule has 2 rings (SSSR count). The number of anilines is 1. The van der Waals surface area contributed by atoms with Crippen molar-refractivity contribution >= 4 is 18.3 Å². The van der Waals surface area contributed by atoms with E-state index in [2.05, 4.69) is 22.6 Å². The molecule has 1 aliphatic rings. The van der Waals surface area contributed by atoms with Crippen LogP contribution in [0.15, 0.2) is 17.1 Å². The molecule has 0 bridgehead atoms. The SMILES string of the molecule is COC1CCN(c2cnn(CCCCCCS)c(=O)c2)C1. The van der Waals surface area contributed by atoms with Crippen LogP contribution in [0, 0.1) is 0 Å². The molecular weight excluding hydrogens is 286 g/mol. The fraction of sp³-hybridized carbons (Fsp3) is 0.733. The Labute approximate surface area is 131 Å². The Morgan fingerprint density at radius 2 is 2.19 bits per heavy atom. The van der Waals surface area contributed by atoms with Crippen LogP contribution in [0.25, 0.3) is 0 Å². The van der Waals surface area contributed by atoms with Gasteiger partial charge < -0.3 is 9.64 Å². The normalized spacial score (nSPS) is 18.4. The van der Waals surface area contributed by atoms with E-state index in [1.807, 2.05) is 0 Å². The number of unbranched alkanes of at least 4 members (excludes halogenated alkanes) is 3. The summed E-state index contributed by atoms with van der Waals surface area (Å²) in [6.07, 6.45) is 7.49. The minimum absolute atomic E-state index is 0.0115. The van der Waals surface area contributed by atoms with Gasteiger partial charge in [-0.05, 0) is 25.0 Å². The topological polar surface area (TPSA) is 47.4 Å². The summed E-state index contributed by atoms with van der Waals surface area (Å²) in [6.45, 7) is 2.46. The number of nitrogens with zero attached hydrogens (tertiary/aromatic N) is 3. The van der Waals surface area contributed by atoms with E-state index in [1.54, 1.807) is 24.1 Å². The number of thiol groups is 1. The van der Waals surface area contributed by atoms with Crippen molar-refractivity contribution in [2.75, 3.05) is 30.9 Å². The lowest BCUT2D eigenvalue weighted by Gasteiger charge is -2.18. The van der Waals surface area contributed by atoms with Crippen LogP contribution in [-0.2, 0) is 11.3 Å². The zero-order valence-corrected chi connectivity index (χ0v) is 13.6. The van der Waals surface area contributed by atoms with Gasteiger partial charge in [0.25, 0.3) is 5.56 Å². The Hall–Kier alpha value is -1.01. The monoisotopic (exact) mass is 311 g/mol. The molecule has 5 nitrogen and oxygen atoms in total. The van der Waals surface area contributed by atoms with Gasteiger partial charge in [-0.15, -0.1) is 0 Å². The molecule has 1 unspecified atom stereocenters. The molecule has 6 heteroatoms. The molecule has 118 valence electrons. The summed E-state index contributed by atoms with van der Waals surface area (Å²) in [5, 5.41) is 4.30. The van der Waals surface area contributed by atoms with Crippen molar-refractivity contribution in [3.8, 4) is 0 Å². The van der Waals surface area contributed by atoms with Gasteiger partial charge in [-0.2, -0.15) is 17.7 Å². The van der Waals surface area contributed by atoms with Crippen LogP contribution in [0.1, 0.15) is 32.1 Å². The number of aromatic nitrogens is 2. The lowest BCUT2D eigenvalue weighted by atomic mass is 10.2. The Balaban J connectivity index is 1.87. The van der Waals surface area contributed by atoms with Crippen molar-refractivity contribution in [1.29, 1.82) is 0 Å². The molecule has 1 aromatic rings. The van der Waals surface area contributed by atoms with Gasteiger partial charge in [-0.25, -0.2) is 4.68 Å². The van der Waals surface area contributed by atoms with Gasteiger partial charge in [0.1, 0.15) is 0 Å². The van der Waals surface area contributed by atoms with Gasteiger partial charge in [0, 0.05) is 32.8 Å². The molecular formula is C15H25N3O2S. The average Bonchev–Trinajstić information content (AvgIpc) is 2.97. The van der Waals surface area contributed by atoms with E-state index in [0.717, 1.165) is 50.2 Å². The summed E-state index contributed by atoms with van der Waals surface area (Å²) < 4.78 is 6.91. The van der Waals surface area contributed by atoms with Crippen molar-refractivity contribution in [1.82, 2.24) is 9.78 Å². The number of rotatable bonds is 8. The first kappa shape index (κ1) is 16.4. The van der Waals surface area contributed by atoms with Gasteiger partial charge in [-0.3, -0.25) is 4.79 Å². The largest absolute Gasteiger partial charge is 0.380 e. The third-order valence-corrected chi connectivity index (χ3v) is 4.29. The molecule has 0 N–H and O–H groups in total. The number of ether oxygens (including phenoxy) is 1. The highest BCUT2D eigenvalue weighted by atomic mass is 32.1. The summed E-state index contributed by atoms with van der Waals surface area (Å²) in [6, 6.07) is 1.69. The zero-order chi connectivity index (χ0) is 15.1. The van der Waals surface area contributed by atoms with Gasteiger partial charge in [0.15, 0.2) is 0 Å². The van der Waals surface area contributed by atoms with Crippen molar-refractivity contribution in [2.45, 2.75) is 44.8 Å². The maximum Gasteiger partial charge on any atom is 0.268 e. The summed E-state index contributed by atoms with van der Waals surface area (Å²) in [7, 11) is 1.73. The predicted molar refractivity (Wildman–Crippen MR) is 88.4 cm³/mol. The zero-order valence-electron chi connectivity index (χ0n) is 12.7. The molecule has 1 fully saturated rings. The third-order valence-electron chi connectivity index (χ3n) is 3.98. The Bertz CT molecular complexity index is 492. The van der Waals surface area contributed by atoms with Crippen LogP contribution in [0.5, 0.6) is 0 Å². The molecule has 1 atom stereocenters. The highest BCUT2D eigenvalue weighted by molar-refractivity contribution is 7.80. The molecule has 0 aromatic carbocycles. The van der Waals surface area contributed by atoms with Crippen LogP contribution >= 0.6 is 12.6 Å². The first-order chi connectivity index (χ1) is 10.2. The smallest absolute Gasteiger partial charge is 0.268 e. The molecule has 0 spiro atoms.